The number of aliphatic carboxylic acids is 1. The monoisotopic (exact) mass is 655 g/mol. The first-order chi connectivity index (χ1) is 21.6. The molecule has 17 nitrogen and oxygen atoms in total. The Balaban J connectivity index is 1.25. The maximum absolute atomic E-state index is 13.1. The summed E-state index contributed by atoms with van der Waals surface area (Å²) in [4.78, 5) is 77.1. The number of imide groups is 1. The number of hydrogen-bond donors (Lipinski definition) is 4. The predicted molar refractivity (Wildman–Crippen MR) is 158 cm³/mol. The largest absolute Gasteiger partial charge is 0.477 e. The van der Waals surface area contributed by atoms with E-state index in [2.05, 4.69) is 26.2 Å². The third kappa shape index (κ3) is 6.53. The fourth-order valence-corrected chi connectivity index (χ4v) is 7.02. The van der Waals surface area contributed by atoms with Crippen LogP contribution in [0.3, 0.4) is 0 Å². The smallest absolute Gasteiger partial charge is 0.352 e. The van der Waals surface area contributed by atoms with Gasteiger partial charge in [0.05, 0.1) is 23.9 Å². The lowest BCUT2D eigenvalue weighted by Gasteiger charge is -2.49. The number of fused-ring (bicyclic) bond motifs is 1. The molecule has 2 aliphatic heterocycles. The van der Waals surface area contributed by atoms with Crippen LogP contribution >= 0.6 is 23.5 Å². The Morgan fingerprint density at radius 3 is 2.73 bits per heavy atom. The summed E-state index contributed by atoms with van der Waals surface area (Å²) in [5.74, 6) is -3.28. The number of hydrogen-bond acceptors (Lipinski definition) is 12. The molecule has 5 N–H and O–H groups in total. The predicted octanol–water partition coefficient (Wildman–Crippen LogP) is -0.189. The second kappa shape index (κ2) is 13.2. The van der Waals surface area contributed by atoms with Crippen molar-refractivity contribution < 1.29 is 38.3 Å². The van der Waals surface area contributed by atoms with E-state index in [1.165, 1.54) is 54.2 Å². The maximum atomic E-state index is 13.1. The van der Waals surface area contributed by atoms with Gasteiger partial charge in [-0.05, 0) is 39.8 Å². The van der Waals surface area contributed by atoms with Gasteiger partial charge in [0.25, 0.3) is 11.8 Å². The number of rotatable bonds is 11. The zero-order chi connectivity index (χ0) is 32.2. The number of aromatic nitrogens is 4. The Labute approximate surface area is 262 Å². The molecule has 0 bridgehead atoms. The number of furan rings is 1. The molecule has 0 radical (unpaired) electrons. The van der Waals surface area contributed by atoms with Crippen LogP contribution in [0.1, 0.15) is 15.9 Å². The first-order valence-corrected chi connectivity index (χ1v) is 15.2. The standard InChI is InChI=1S/C26H25N9O8S2/c1-28-25(42)34(21(38)14-5-6-43-10-14)16-4-2-3-13(7-16)8-18(37)29-19-22(39)35-20(24(40)41)15(11-44-23(19)35)12-45-26-30-31-32-33(26)9-17(27)36/h2-7,10,19,23H,8-9,11-12H2,1H3,(H2,27,36)(H,28,42)(H,29,37)(H,40,41)/t19?,23-/m0/s1. The molecule has 19 heteroatoms. The van der Waals surface area contributed by atoms with Crippen molar-refractivity contribution in [1.82, 2.24) is 35.7 Å². The Morgan fingerprint density at radius 1 is 1.24 bits per heavy atom. The summed E-state index contributed by atoms with van der Waals surface area (Å²) in [6.45, 7) is -0.247. The summed E-state index contributed by atoms with van der Waals surface area (Å²) >= 11 is 2.39. The van der Waals surface area contributed by atoms with Gasteiger partial charge in [-0.1, -0.05) is 23.9 Å². The first kappa shape index (κ1) is 31.3. The van der Waals surface area contributed by atoms with Crippen LogP contribution in [-0.2, 0) is 32.1 Å². The molecule has 2 aromatic heterocycles. The van der Waals surface area contributed by atoms with E-state index in [9.17, 15) is 33.9 Å². The first-order valence-electron chi connectivity index (χ1n) is 13.1. The fourth-order valence-electron chi connectivity index (χ4n) is 4.66. The molecule has 1 saturated heterocycles. The van der Waals surface area contributed by atoms with E-state index in [1.54, 1.807) is 12.1 Å². The normalized spacial score (nSPS) is 17.3. The molecular weight excluding hydrogens is 630 g/mol. The average Bonchev–Trinajstić information content (AvgIpc) is 3.71. The second-order valence-corrected chi connectivity index (χ2v) is 11.7. The van der Waals surface area contributed by atoms with Crippen LogP contribution in [0.5, 0.6) is 0 Å². The van der Waals surface area contributed by atoms with Crippen molar-refractivity contribution in [2.24, 2.45) is 5.73 Å². The molecule has 1 unspecified atom stereocenters. The molecule has 6 amide bonds. The van der Waals surface area contributed by atoms with Crippen molar-refractivity contribution in [2.75, 3.05) is 23.5 Å². The summed E-state index contributed by atoms with van der Waals surface area (Å²) in [7, 11) is 1.38. The van der Waals surface area contributed by atoms with Gasteiger partial charge in [0.15, 0.2) is 0 Å². The van der Waals surface area contributed by atoms with Gasteiger partial charge in [-0.3, -0.25) is 24.1 Å². The molecule has 1 fully saturated rings. The second-order valence-electron chi connectivity index (χ2n) is 9.64. The molecule has 45 heavy (non-hydrogen) atoms. The number of urea groups is 1. The van der Waals surface area contributed by atoms with E-state index in [0.29, 0.717) is 11.1 Å². The van der Waals surface area contributed by atoms with Gasteiger partial charge in [-0.15, -0.1) is 16.9 Å². The topological polar surface area (TPSA) is 236 Å². The summed E-state index contributed by atoms with van der Waals surface area (Å²) in [5, 5.41) is 25.7. The molecule has 0 saturated carbocycles. The highest BCUT2D eigenvalue weighted by Crippen LogP contribution is 2.41. The van der Waals surface area contributed by atoms with Gasteiger partial charge < -0.3 is 25.9 Å². The lowest BCUT2D eigenvalue weighted by Crippen LogP contribution is -2.70. The summed E-state index contributed by atoms with van der Waals surface area (Å²) < 4.78 is 6.15. The number of tetrazole rings is 1. The number of primary amides is 1. The van der Waals surface area contributed by atoms with Gasteiger partial charge in [-0.2, -0.15) is 0 Å². The fraction of sp³-hybridized carbons (Fsp3) is 0.269. The van der Waals surface area contributed by atoms with Crippen LogP contribution in [-0.4, -0.2) is 95.8 Å². The molecule has 3 aromatic rings. The van der Waals surface area contributed by atoms with E-state index in [1.807, 2.05) is 0 Å². The number of amides is 6. The van der Waals surface area contributed by atoms with Gasteiger partial charge in [0.1, 0.15) is 29.9 Å². The zero-order valence-electron chi connectivity index (χ0n) is 23.4. The van der Waals surface area contributed by atoms with Crippen molar-refractivity contribution in [1.29, 1.82) is 0 Å². The maximum Gasteiger partial charge on any atom is 0.352 e. The van der Waals surface area contributed by atoms with Crippen molar-refractivity contribution in [2.45, 2.75) is 29.5 Å². The van der Waals surface area contributed by atoms with Crippen LogP contribution < -0.4 is 21.3 Å². The number of nitrogens with two attached hydrogens (primary N) is 1. The van der Waals surface area contributed by atoms with E-state index in [0.717, 1.165) is 21.6 Å². The minimum atomic E-state index is -1.30. The molecule has 1 aromatic carbocycles. The minimum absolute atomic E-state index is 0.133. The van der Waals surface area contributed by atoms with Crippen LogP contribution in [0.2, 0.25) is 0 Å². The van der Waals surface area contributed by atoms with Crippen LogP contribution in [0.4, 0.5) is 10.5 Å². The number of β-lactam (4-membered cyclic amide) rings is 1. The number of anilines is 1. The van der Waals surface area contributed by atoms with Crippen molar-refractivity contribution in [3.63, 3.8) is 0 Å². The third-order valence-electron chi connectivity index (χ3n) is 6.67. The molecule has 4 heterocycles. The lowest BCUT2D eigenvalue weighted by molar-refractivity contribution is -0.150. The summed E-state index contributed by atoms with van der Waals surface area (Å²) in [6, 6.07) is 6.03. The van der Waals surface area contributed by atoms with Crippen LogP contribution in [0.25, 0.3) is 0 Å². The lowest BCUT2D eigenvalue weighted by atomic mass is 10.0. The summed E-state index contributed by atoms with van der Waals surface area (Å²) in [6.07, 6.45) is 2.33. The van der Waals surface area contributed by atoms with Crippen molar-refractivity contribution in [3.8, 4) is 0 Å². The highest BCUT2D eigenvalue weighted by Gasteiger charge is 2.54. The number of carboxylic acids is 1. The zero-order valence-corrected chi connectivity index (χ0v) is 25.0. The van der Waals surface area contributed by atoms with Gasteiger partial charge >= 0.3 is 12.0 Å². The van der Waals surface area contributed by atoms with E-state index >= 15 is 0 Å². The number of carbonyl (C=O) groups is 6. The molecule has 0 spiro atoms. The molecular formula is C26H25N9O8S2. The van der Waals surface area contributed by atoms with Gasteiger partial charge in [0.2, 0.25) is 17.0 Å². The number of thioether (sulfide) groups is 2. The third-order valence-corrected chi connectivity index (χ3v) is 9.05. The highest BCUT2D eigenvalue weighted by atomic mass is 32.2. The Hall–Kier alpha value is -5.17. The molecule has 234 valence electrons. The molecule has 5 rings (SSSR count). The quantitative estimate of drug-likeness (QED) is 0.155. The van der Waals surface area contributed by atoms with E-state index < -0.39 is 47.0 Å². The summed E-state index contributed by atoms with van der Waals surface area (Å²) in [5.41, 5.74) is 6.29. The highest BCUT2D eigenvalue weighted by molar-refractivity contribution is 8.01. The molecule has 0 aliphatic carbocycles. The number of nitrogens with one attached hydrogen (secondary N) is 2. The average molecular weight is 656 g/mol. The number of nitrogens with zero attached hydrogens (tertiary/aromatic N) is 6. The van der Waals surface area contributed by atoms with Crippen LogP contribution in [0, 0.1) is 0 Å². The Morgan fingerprint density at radius 2 is 2.04 bits per heavy atom. The minimum Gasteiger partial charge on any atom is -0.477 e. The van der Waals surface area contributed by atoms with Gasteiger partial charge in [0, 0.05) is 18.6 Å². The van der Waals surface area contributed by atoms with E-state index in [-0.39, 0.29) is 46.6 Å². The Bertz CT molecular complexity index is 1710. The molecule has 2 aliphatic rings. The van der Waals surface area contributed by atoms with Crippen LogP contribution in [0.15, 0.2) is 63.7 Å². The number of carboxylic acid groups (broad SMARTS) is 1. The van der Waals surface area contributed by atoms with Gasteiger partial charge in [-0.25, -0.2) is 19.2 Å². The number of benzene rings is 1. The van der Waals surface area contributed by atoms with E-state index in [4.69, 9.17) is 10.2 Å². The van der Waals surface area contributed by atoms with Crippen molar-refractivity contribution >= 4 is 64.8 Å². The number of carbonyl (C=O) groups excluding carboxylic acids is 5. The SMILES string of the molecule is CNC(=O)N(C(=O)c1ccoc1)c1cccc(CC(=O)NC2C(=O)N3C(C(=O)O)=C(CSc4nnnn4CC(N)=O)CS[C@@H]23)c1. The molecule has 2 atom stereocenters. The Kier molecular flexibility index (Phi) is 9.18. The van der Waals surface area contributed by atoms with Crippen molar-refractivity contribution in [3.05, 3.63) is 65.3 Å².